The maximum absolute atomic E-state index is 12.1. The molecule has 21 heavy (non-hydrogen) atoms. The van der Waals surface area contributed by atoms with Crippen LogP contribution in [0.1, 0.15) is 13.3 Å². The van der Waals surface area contributed by atoms with Gasteiger partial charge in [-0.3, -0.25) is 4.79 Å². The molecular weight excluding hydrogens is 278 g/mol. The molecule has 0 aliphatic carbocycles. The second-order valence-electron chi connectivity index (χ2n) is 4.69. The van der Waals surface area contributed by atoms with Crippen LogP contribution >= 0.6 is 0 Å². The van der Waals surface area contributed by atoms with Gasteiger partial charge in [-0.05, 0) is 13.3 Å². The summed E-state index contributed by atoms with van der Waals surface area (Å²) in [4.78, 5) is 36.3. The predicted molar refractivity (Wildman–Crippen MR) is 74.8 cm³/mol. The topological polar surface area (TPSA) is 108 Å². The summed E-state index contributed by atoms with van der Waals surface area (Å²) in [5.41, 5.74) is 0. The Morgan fingerprint density at radius 1 is 1.33 bits per heavy atom. The third-order valence-electron chi connectivity index (χ3n) is 3.05. The Morgan fingerprint density at radius 3 is 2.48 bits per heavy atom. The van der Waals surface area contributed by atoms with E-state index in [1.807, 2.05) is 0 Å². The van der Waals surface area contributed by atoms with Crippen LogP contribution in [0.15, 0.2) is 12.7 Å². The van der Waals surface area contributed by atoms with Crippen molar-refractivity contribution in [2.45, 2.75) is 25.4 Å². The first-order valence-corrected chi connectivity index (χ1v) is 6.73. The maximum atomic E-state index is 12.1. The molecule has 8 nitrogen and oxygen atoms in total. The minimum absolute atomic E-state index is 0.106. The number of carbonyl (C=O) groups excluding carboxylic acids is 2. The van der Waals surface area contributed by atoms with Crippen LogP contribution < -0.4 is 10.6 Å². The average Bonchev–Trinajstić information content (AvgIpc) is 2.46. The van der Waals surface area contributed by atoms with E-state index in [9.17, 15) is 14.4 Å². The van der Waals surface area contributed by atoms with E-state index < -0.39 is 24.1 Å². The molecule has 0 aromatic carbocycles. The number of aliphatic carboxylic acids is 1. The molecule has 1 aliphatic heterocycles. The van der Waals surface area contributed by atoms with Crippen molar-refractivity contribution < 1.29 is 24.2 Å². The van der Waals surface area contributed by atoms with Gasteiger partial charge in [0, 0.05) is 13.1 Å². The lowest BCUT2D eigenvalue weighted by molar-refractivity contribution is -0.139. The summed E-state index contributed by atoms with van der Waals surface area (Å²) in [5, 5.41) is 13.7. The maximum Gasteiger partial charge on any atom is 0.326 e. The SMILES string of the molecule is C=CCC(NC(=O)NC(C)C(=O)N1CCOCC1)C(=O)O. The number of morpholine rings is 1. The molecule has 1 aliphatic rings. The molecule has 2 atom stereocenters. The first-order valence-electron chi connectivity index (χ1n) is 6.73. The van der Waals surface area contributed by atoms with Crippen LogP contribution in [0.4, 0.5) is 4.79 Å². The number of amides is 3. The van der Waals surface area contributed by atoms with Crippen LogP contribution in [-0.2, 0) is 14.3 Å². The van der Waals surface area contributed by atoms with E-state index >= 15 is 0 Å². The van der Waals surface area contributed by atoms with E-state index in [1.54, 1.807) is 11.8 Å². The number of urea groups is 1. The Balaban J connectivity index is 2.46. The molecule has 2 unspecified atom stereocenters. The fraction of sp³-hybridized carbons (Fsp3) is 0.615. The van der Waals surface area contributed by atoms with Crippen molar-refractivity contribution in [3.05, 3.63) is 12.7 Å². The molecule has 0 radical (unpaired) electrons. The lowest BCUT2D eigenvalue weighted by atomic mass is 10.2. The summed E-state index contributed by atoms with van der Waals surface area (Å²) in [6.07, 6.45) is 1.51. The van der Waals surface area contributed by atoms with Crippen molar-refractivity contribution in [3.8, 4) is 0 Å². The molecule has 1 heterocycles. The fourth-order valence-electron chi connectivity index (χ4n) is 1.90. The number of rotatable bonds is 6. The van der Waals surface area contributed by atoms with Crippen LogP contribution in [0, 0.1) is 0 Å². The van der Waals surface area contributed by atoms with Gasteiger partial charge in [-0.25, -0.2) is 9.59 Å². The van der Waals surface area contributed by atoms with Crippen LogP contribution in [0.2, 0.25) is 0 Å². The highest BCUT2D eigenvalue weighted by atomic mass is 16.5. The predicted octanol–water partition coefficient (Wildman–Crippen LogP) is -0.438. The normalized spacial score (nSPS) is 17.5. The highest BCUT2D eigenvalue weighted by molar-refractivity contribution is 5.88. The second kappa shape index (κ2) is 8.25. The Hall–Kier alpha value is -2.09. The number of hydrogen-bond acceptors (Lipinski definition) is 4. The number of carbonyl (C=O) groups is 3. The van der Waals surface area contributed by atoms with Crippen LogP contribution in [0.25, 0.3) is 0 Å². The van der Waals surface area contributed by atoms with E-state index in [0.717, 1.165) is 0 Å². The van der Waals surface area contributed by atoms with E-state index in [2.05, 4.69) is 17.2 Å². The Labute approximate surface area is 123 Å². The number of nitrogens with zero attached hydrogens (tertiary/aromatic N) is 1. The van der Waals surface area contributed by atoms with Gasteiger partial charge in [0.05, 0.1) is 13.2 Å². The van der Waals surface area contributed by atoms with Crippen LogP contribution in [-0.4, -0.2) is 66.3 Å². The summed E-state index contributed by atoms with van der Waals surface area (Å²) in [6.45, 7) is 6.92. The van der Waals surface area contributed by atoms with E-state index in [4.69, 9.17) is 9.84 Å². The first-order chi connectivity index (χ1) is 9.95. The van der Waals surface area contributed by atoms with E-state index in [-0.39, 0.29) is 12.3 Å². The van der Waals surface area contributed by atoms with Gasteiger partial charge in [0.1, 0.15) is 12.1 Å². The zero-order valence-electron chi connectivity index (χ0n) is 12.0. The highest BCUT2D eigenvalue weighted by Crippen LogP contribution is 2.01. The zero-order valence-corrected chi connectivity index (χ0v) is 12.0. The number of nitrogens with one attached hydrogen (secondary N) is 2. The van der Waals surface area contributed by atoms with Gasteiger partial charge in [0.15, 0.2) is 0 Å². The Morgan fingerprint density at radius 2 is 1.95 bits per heavy atom. The fourth-order valence-corrected chi connectivity index (χ4v) is 1.90. The van der Waals surface area contributed by atoms with Crippen molar-refractivity contribution in [2.24, 2.45) is 0 Å². The molecule has 1 saturated heterocycles. The summed E-state index contributed by atoms with van der Waals surface area (Å²) in [6, 6.07) is -2.49. The standard InChI is InChI=1S/C13H21N3O5/c1-3-4-10(12(18)19)15-13(20)14-9(2)11(17)16-5-7-21-8-6-16/h3,9-10H,1,4-8H2,2H3,(H,18,19)(H2,14,15,20). The van der Waals surface area contributed by atoms with Crippen LogP contribution in [0.3, 0.4) is 0 Å². The lowest BCUT2D eigenvalue weighted by Crippen LogP contribution is -2.54. The molecule has 0 saturated carbocycles. The first kappa shape index (κ1) is 17.0. The van der Waals surface area contributed by atoms with Crippen LogP contribution in [0.5, 0.6) is 0 Å². The van der Waals surface area contributed by atoms with E-state index in [0.29, 0.717) is 26.3 Å². The van der Waals surface area contributed by atoms with Gasteiger partial charge >= 0.3 is 12.0 Å². The van der Waals surface area contributed by atoms with Crippen molar-refractivity contribution in [1.82, 2.24) is 15.5 Å². The quantitative estimate of drug-likeness (QED) is 0.576. The van der Waals surface area contributed by atoms with E-state index in [1.165, 1.54) is 6.08 Å². The van der Waals surface area contributed by atoms with Gasteiger partial charge in [0.25, 0.3) is 0 Å². The van der Waals surface area contributed by atoms with Gasteiger partial charge in [-0.1, -0.05) is 6.08 Å². The van der Waals surface area contributed by atoms with Crippen molar-refractivity contribution in [1.29, 1.82) is 0 Å². The summed E-state index contributed by atoms with van der Waals surface area (Å²) in [5.74, 6) is -1.37. The molecule has 3 N–H and O–H groups in total. The highest BCUT2D eigenvalue weighted by Gasteiger charge is 2.25. The monoisotopic (exact) mass is 299 g/mol. The van der Waals surface area contributed by atoms with Crippen molar-refractivity contribution in [2.75, 3.05) is 26.3 Å². The Bertz CT molecular complexity index is 407. The molecule has 1 rings (SSSR count). The molecule has 3 amide bonds. The number of carboxylic acid groups (broad SMARTS) is 1. The molecule has 0 bridgehead atoms. The Kier molecular flexibility index (Phi) is 6.67. The van der Waals surface area contributed by atoms with Gasteiger partial charge < -0.3 is 25.4 Å². The minimum atomic E-state index is -1.16. The molecule has 0 spiro atoms. The number of hydrogen-bond donors (Lipinski definition) is 3. The number of carboxylic acids is 1. The third kappa shape index (κ3) is 5.42. The van der Waals surface area contributed by atoms with Gasteiger partial charge in [-0.15, -0.1) is 6.58 Å². The molecule has 118 valence electrons. The largest absolute Gasteiger partial charge is 0.480 e. The minimum Gasteiger partial charge on any atom is -0.480 e. The summed E-state index contributed by atoms with van der Waals surface area (Å²) >= 11 is 0. The number of ether oxygens (including phenoxy) is 1. The third-order valence-corrected chi connectivity index (χ3v) is 3.05. The van der Waals surface area contributed by atoms with Crippen molar-refractivity contribution in [3.63, 3.8) is 0 Å². The molecule has 0 aromatic heterocycles. The smallest absolute Gasteiger partial charge is 0.326 e. The summed E-state index contributed by atoms with van der Waals surface area (Å²) < 4.78 is 5.15. The summed E-state index contributed by atoms with van der Waals surface area (Å²) in [7, 11) is 0. The van der Waals surface area contributed by atoms with Crippen molar-refractivity contribution >= 4 is 17.9 Å². The lowest BCUT2D eigenvalue weighted by Gasteiger charge is -2.29. The second-order valence-corrected chi connectivity index (χ2v) is 4.69. The van der Waals surface area contributed by atoms with Gasteiger partial charge in [0.2, 0.25) is 5.91 Å². The van der Waals surface area contributed by atoms with Gasteiger partial charge in [-0.2, -0.15) is 0 Å². The molecular formula is C13H21N3O5. The molecule has 0 aromatic rings. The molecule has 1 fully saturated rings. The molecule has 8 heteroatoms. The zero-order chi connectivity index (χ0) is 15.8. The average molecular weight is 299 g/mol.